The maximum atomic E-state index is 12.6. The summed E-state index contributed by atoms with van der Waals surface area (Å²) in [6.45, 7) is -0.0311. The molecule has 0 aromatic carbocycles. The van der Waals surface area contributed by atoms with Crippen LogP contribution in [0.2, 0.25) is 0 Å². The number of aromatic nitrogens is 1. The number of pyridine rings is 1. The van der Waals surface area contributed by atoms with Crippen molar-refractivity contribution >= 4 is 21.9 Å². The fourth-order valence-corrected chi connectivity index (χ4v) is 2.04. The second-order valence-corrected chi connectivity index (χ2v) is 5.40. The first-order valence-electron chi connectivity index (χ1n) is 5.27. The Kier molecular flexibility index (Phi) is 5.19. The molecule has 0 amide bonds. The highest BCUT2D eigenvalue weighted by molar-refractivity contribution is 7.90. The second kappa shape index (κ2) is 6.43. The normalized spacial score (nSPS) is 11.4. The molecule has 0 radical (unpaired) electrons. The molecule has 19 heavy (non-hydrogen) atoms. The number of esters is 1. The molecular weight excluding hydrogens is 277 g/mol. The van der Waals surface area contributed by atoms with Gasteiger partial charge in [0.25, 0.3) is 0 Å². The predicted octanol–water partition coefficient (Wildman–Crippen LogP) is 0.372. The Balaban J connectivity index is 2.64. The number of hydrogen-bond acceptors (Lipinski definition) is 5. The topological polar surface area (TPSA) is 88.6 Å². The van der Waals surface area contributed by atoms with E-state index in [4.69, 9.17) is 0 Å². The largest absolute Gasteiger partial charge is 0.469 e. The van der Waals surface area contributed by atoms with Crippen LogP contribution in [0.25, 0.3) is 0 Å². The van der Waals surface area contributed by atoms with Crippen molar-refractivity contribution in [3.05, 3.63) is 24.3 Å². The van der Waals surface area contributed by atoms with Crippen LogP contribution in [-0.4, -0.2) is 44.4 Å². The van der Waals surface area contributed by atoms with E-state index in [1.54, 1.807) is 0 Å². The SMILES string of the molecule is COC(=O)CCN(C)S(=O)(=O)Nc1ccc(F)nc1. The smallest absolute Gasteiger partial charge is 0.306 e. The molecule has 1 N–H and O–H groups in total. The number of nitrogens with zero attached hydrogens (tertiary/aromatic N) is 2. The van der Waals surface area contributed by atoms with Crippen LogP contribution in [0.1, 0.15) is 6.42 Å². The highest BCUT2D eigenvalue weighted by Crippen LogP contribution is 2.10. The zero-order chi connectivity index (χ0) is 14.5. The second-order valence-electron chi connectivity index (χ2n) is 3.62. The lowest BCUT2D eigenvalue weighted by Crippen LogP contribution is -2.34. The molecule has 0 aliphatic heterocycles. The zero-order valence-electron chi connectivity index (χ0n) is 10.5. The van der Waals surface area contributed by atoms with Crippen LogP contribution in [0.4, 0.5) is 10.1 Å². The molecule has 1 aromatic heterocycles. The van der Waals surface area contributed by atoms with Gasteiger partial charge in [-0.05, 0) is 12.1 Å². The van der Waals surface area contributed by atoms with Crippen molar-refractivity contribution in [2.75, 3.05) is 25.4 Å². The molecule has 0 fully saturated rings. The molecule has 1 rings (SSSR count). The van der Waals surface area contributed by atoms with Crippen molar-refractivity contribution in [1.29, 1.82) is 0 Å². The van der Waals surface area contributed by atoms with Crippen molar-refractivity contribution < 1.29 is 22.3 Å². The van der Waals surface area contributed by atoms with Crippen molar-refractivity contribution in [3.8, 4) is 0 Å². The Morgan fingerprint density at radius 1 is 1.53 bits per heavy atom. The Labute approximate surface area is 110 Å². The van der Waals surface area contributed by atoms with Crippen molar-refractivity contribution in [2.24, 2.45) is 0 Å². The summed E-state index contributed by atoms with van der Waals surface area (Å²) < 4.78 is 43.8. The van der Waals surface area contributed by atoms with Crippen LogP contribution in [0.3, 0.4) is 0 Å². The predicted molar refractivity (Wildman–Crippen MR) is 66.0 cm³/mol. The van der Waals surface area contributed by atoms with Gasteiger partial charge in [-0.1, -0.05) is 0 Å². The van der Waals surface area contributed by atoms with Gasteiger partial charge < -0.3 is 4.74 Å². The van der Waals surface area contributed by atoms with Crippen LogP contribution in [0.15, 0.2) is 18.3 Å². The number of hydrogen-bond donors (Lipinski definition) is 1. The number of rotatable bonds is 6. The van der Waals surface area contributed by atoms with Gasteiger partial charge in [0.15, 0.2) is 0 Å². The minimum absolute atomic E-state index is 0.0311. The molecule has 0 aliphatic carbocycles. The van der Waals surface area contributed by atoms with Gasteiger partial charge in [-0.25, -0.2) is 4.98 Å². The molecule has 9 heteroatoms. The molecule has 0 spiro atoms. The Morgan fingerprint density at radius 2 is 2.21 bits per heavy atom. The van der Waals surface area contributed by atoms with Gasteiger partial charge in [0.05, 0.1) is 25.4 Å². The molecule has 106 valence electrons. The Bertz CT molecular complexity index is 532. The van der Waals surface area contributed by atoms with Crippen molar-refractivity contribution in [2.45, 2.75) is 6.42 Å². The van der Waals surface area contributed by atoms with Crippen molar-refractivity contribution in [3.63, 3.8) is 0 Å². The highest BCUT2D eigenvalue weighted by atomic mass is 32.2. The summed E-state index contributed by atoms with van der Waals surface area (Å²) in [5.41, 5.74) is 0.131. The number of carbonyl (C=O) groups excluding carboxylic acids is 1. The lowest BCUT2D eigenvalue weighted by Gasteiger charge is -2.17. The van der Waals surface area contributed by atoms with E-state index in [2.05, 4.69) is 14.4 Å². The fourth-order valence-electron chi connectivity index (χ4n) is 1.13. The average molecular weight is 291 g/mol. The van der Waals surface area contributed by atoms with E-state index >= 15 is 0 Å². The van der Waals surface area contributed by atoms with E-state index in [1.165, 1.54) is 20.2 Å². The number of ether oxygens (including phenoxy) is 1. The number of carbonyl (C=O) groups is 1. The van der Waals surface area contributed by atoms with Crippen LogP contribution < -0.4 is 4.72 Å². The molecule has 1 heterocycles. The first kappa shape index (κ1) is 15.3. The lowest BCUT2D eigenvalue weighted by atomic mass is 10.4. The van der Waals surface area contributed by atoms with Gasteiger partial charge in [-0.2, -0.15) is 17.1 Å². The average Bonchev–Trinajstić information content (AvgIpc) is 2.37. The molecule has 0 saturated heterocycles. The Morgan fingerprint density at radius 3 is 2.74 bits per heavy atom. The third-order valence-electron chi connectivity index (χ3n) is 2.24. The van der Waals surface area contributed by atoms with Crippen molar-refractivity contribution in [1.82, 2.24) is 9.29 Å². The van der Waals surface area contributed by atoms with Gasteiger partial charge >= 0.3 is 16.2 Å². The molecule has 0 bridgehead atoms. The first-order valence-corrected chi connectivity index (χ1v) is 6.71. The zero-order valence-corrected chi connectivity index (χ0v) is 11.3. The van der Waals surface area contributed by atoms with E-state index < -0.39 is 22.1 Å². The minimum Gasteiger partial charge on any atom is -0.469 e. The lowest BCUT2D eigenvalue weighted by molar-refractivity contribution is -0.140. The summed E-state index contributed by atoms with van der Waals surface area (Å²) in [5, 5.41) is 0. The fraction of sp³-hybridized carbons (Fsp3) is 0.400. The monoisotopic (exact) mass is 291 g/mol. The van der Waals surface area contributed by atoms with E-state index in [9.17, 15) is 17.6 Å². The number of methoxy groups -OCH3 is 1. The molecule has 7 nitrogen and oxygen atoms in total. The molecule has 0 saturated carbocycles. The summed E-state index contributed by atoms with van der Waals surface area (Å²) in [5.74, 6) is -1.22. The van der Waals surface area contributed by atoms with Crippen LogP contribution in [-0.2, 0) is 19.7 Å². The summed E-state index contributed by atoms with van der Waals surface area (Å²) in [6, 6.07) is 2.28. The van der Waals surface area contributed by atoms with Gasteiger partial charge in [0, 0.05) is 13.6 Å². The summed E-state index contributed by atoms with van der Waals surface area (Å²) in [4.78, 5) is 14.2. The number of anilines is 1. The minimum atomic E-state index is -3.82. The Hall–Kier alpha value is -1.74. The van der Waals surface area contributed by atoms with Gasteiger partial charge in [-0.15, -0.1) is 0 Å². The van der Waals surface area contributed by atoms with Gasteiger partial charge in [0.1, 0.15) is 0 Å². The maximum absolute atomic E-state index is 12.6. The number of halogens is 1. The van der Waals surface area contributed by atoms with E-state index in [0.29, 0.717) is 0 Å². The van der Waals surface area contributed by atoms with Crippen LogP contribution in [0, 0.1) is 5.95 Å². The third-order valence-corrected chi connectivity index (χ3v) is 3.74. The van der Waals surface area contributed by atoms with E-state index in [-0.39, 0.29) is 18.7 Å². The van der Waals surface area contributed by atoms with Crippen LogP contribution in [0.5, 0.6) is 0 Å². The van der Waals surface area contributed by atoms with Crippen LogP contribution >= 0.6 is 0 Å². The highest BCUT2D eigenvalue weighted by Gasteiger charge is 2.18. The third kappa shape index (κ3) is 4.79. The molecule has 0 atom stereocenters. The quantitative estimate of drug-likeness (QED) is 0.604. The molecular formula is C10H14FN3O4S. The first-order chi connectivity index (χ1) is 8.85. The maximum Gasteiger partial charge on any atom is 0.306 e. The summed E-state index contributed by atoms with van der Waals surface area (Å²) >= 11 is 0. The van der Waals surface area contributed by atoms with Gasteiger partial charge in [0.2, 0.25) is 5.95 Å². The molecule has 1 aromatic rings. The summed E-state index contributed by atoms with van der Waals surface area (Å²) in [7, 11) is -1.29. The molecule has 0 unspecified atom stereocenters. The van der Waals surface area contributed by atoms with E-state index in [1.807, 2.05) is 0 Å². The van der Waals surface area contributed by atoms with E-state index in [0.717, 1.165) is 16.6 Å². The standard InChI is InChI=1S/C10H14FN3O4S/c1-14(6-5-10(15)18-2)19(16,17)13-8-3-4-9(11)12-7-8/h3-4,7,13H,5-6H2,1-2H3. The van der Waals surface area contributed by atoms with Gasteiger partial charge in [-0.3, -0.25) is 9.52 Å². The number of nitrogens with one attached hydrogen (secondary N) is 1. The molecule has 0 aliphatic rings. The summed E-state index contributed by atoms with van der Waals surface area (Å²) in [6.07, 6.45) is 0.997.